The van der Waals surface area contributed by atoms with Crippen LogP contribution < -0.4 is 15.1 Å². The van der Waals surface area contributed by atoms with Crippen molar-refractivity contribution >= 4 is 16.7 Å². The summed E-state index contributed by atoms with van der Waals surface area (Å²) in [5.74, 6) is 1.52. The number of anilines is 1. The molecule has 0 amide bonds. The standard InChI is InChI=1S/C31H34N2O4/c1-4-36-28(33-19-17-32(18-20-33)26-15-8-9-16-27(26)35-3)21-24-13-10-14-25-29(34)22(2)30(37-31(24)25)23-11-6-5-7-12-23/h5-16,28H,4,17-21H2,1-3H3. The molecule has 1 unspecified atom stereocenters. The van der Waals surface area contributed by atoms with E-state index < -0.39 is 0 Å². The molecule has 1 aliphatic heterocycles. The summed E-state index contributed by atoms with van der Waals surface area (Å²) >= 11 is 0. The molecule has 2 heterocycles. The SMILES string of the molecule is CCOC(Cc1cccc2c(=O)c(C)c(-c3ccccc3)oc12)N1CCN(c2ccccc2OC)CC1. The lowest BCUT2D eigenvalue weighted by Crippen LogP contribution is -2.52. The van der Waals surface area contributed by atoms with Gasteiger partial charge in [-0.15, -0.1) is 0 Å². The minimum atomic E-state index is -0.109. The van der Waals surface area contributed by atoms with Crippen LogP contribution >= 0.6 is 0 Å². The summed E-state index contributed by atoms with van der Waals surface area (Å²) in [4.78, 5) is 18.0. The Balaban J connectivity index is 1.41. The van der Waals surface area contributed by atoms with Gasteiger partial charge in [-0.3, -0.25) is 9.69 Å². The average molecular weight is 499 g/mol. The predicted octanol–water partition coefficient (Wildman–Crippen LogP) is 5.50. The third-order valence-corrected chi connectivity index (χ3v) is 7.16. The third kappa shape index (κ3) is 5.13. The van der Waals surface area contributed by atoms with Gasteiger partial charge >= 0.3 is 0 Å². The molecule has 1 aliphatic rings. The minimum absolute atomic E-state index is 0.0142. The Morgan fingerprint density at radius 2 is 1.65 bits per heavy atom. The van der Waals surface area contributed by atoms with Crippen molar-refractivity contribution in [3.8, 4) is 17.1 Å². The normalized spacial score (nSPS) is 15.2. The predicted molar refractivity (Wildman–Crippen MR) is 149 cm³/mol. The van der Waals surface area contributed by atoms with Crippen molar-refractivity contribution in [2.45, 2.75) is 26.5 Å². The highest BCUT2D eigenvalue weighted by Crippen LogP contribution is 2.30. The monoisotopic (exact) mass is 498 g/mol. The lowest BCUT2D eigenvalue weighted by Gasteiger charge is -2.40. The first-order valence-electron chi connectivity index (χ1n) is 12.9. The van der Waals surface area contributed by atoms with Gasteiger partial charge in [0.1, 0.15) is 23.3 Å². The molecule has 0 bridgehead atoms. The maximum Gasteiger partial charge on any atom is 0.196 e. The fourth-order valence-corrected chi connectivity index (χ4v) is 5.21. The van der Waals surface area contributed by atoms with Crippen LogP contribution in [0, 0.1) is 6.92 Å². The fraction of sp³-hybridized carbons (Fsp3) is 0.323. The Bertz CT molecular complexity index is 1410. The van der Waals surface area contributed by atoms with E-state index in [1.54, 1.807) is 7.11 Å². The molecule has 1 aromatic heterocycles. The number of ether oxygens (including phenoxy) is 2. The average Bonchev–Trinajstić information content (AvgIpc) is 2.95. The van der Waals surface area contributed by atoms with Gasteiger partial charge in [0.15, 0.2) is 5.43 Å². The highest BCUT2D eigenvalue weighted by molar-refractivity contribution is 5.83. The number of piperazine rings is 1. The molecule has 4 aromatic rings. The molecule has 1 atom stereocenters. The zero-order chi connectivity index (χ0) is 25.8. The van der Waals surface area contributed by atoms with Crippen LogP contribution in [0.25, 0.3) is 22.3 Å². The molecule has 6 nitrogen and oxygen atoms in total. The maximum absolute atomic E-state index is 13.3. The summed E-state index contributed by atoms with van der Waals surface area (Å²) in [6.45, 7) is 7.97. The van der Waals surface area contributed by atoms with E-state index in [0.29, 0.717) is 35.3 Å². The highest BCUT2D eigenvalue weighted by atomic mass is 16.5. The number of para-hydroxylation sites is 3. The molecular formula is C31H34N2O4. The highest BCUT2D eigenvalue weighted by Gasteiger charge is 2.27. The smallest absolute Gasteiger partial charge is 0.196 e. The Morgan fingerprint density at radius 1 is 0.919 bits per heavy atom. The topological polar surface area (TPSA) is 55.2 Å². The van der Waals surface area contributed by atoms with Crippen LogP contribution in [0.15, 0.2) is 82.0 Å². The number of rotatable bonds is 8. The van der Waals surface area contributed by atoms with Crippen LogP contribution in [0.4, 0.5) is 5.69 Å². The molecule has 1 fully saturated rings. The summed E-state index contributed by atoms with van der Waals surface area (Å²) in [5.41, 5.74) is 4.30. The molecule has 5 rings (SSSR count). The largest absolute Gasteiger partial charge is 0.495 e. The number of benzene rings is 3. The van der Waals surface area contributed by atoms with Crippen LogP contribution in [0.5, 0.6) is 5.75 Å². The summed E-state index contributed by atoms with van der Waals surface area (Å²) in [5, 5.41) is 0.617. The van der Waals surface area contributed by atoms with Crippen molar-refractivity contribution < 1.29 is 13.9 Å². The summed E-state index contributed by atoms with van der Waals surface area (Å²) < 4.78 is 18.3. The zero-order valence-corrected chi connectivity index (χ0v) is 21.8. The van der Waals surface area contributed by atoms with Gasteiger partial charge in [-0.05, 0) is 37.6 Å². The van der Waals surface area contributed by atoms with Crippen LogP contribution in [0.3, 0.4) is 0 Å². The van der Waals surface area contributed by atoms with Gasteiger partial charge in [-0.25, -0.2) is 0 Å². The van der Waals surface area contributed by atoms with E-state index in [1.165, 1.54) is 0 Å². The third-order valence-electron chi connectivity index (χ3n) is 7.16. The van der Waals surface area contributed by atoms with Crippen LogP contribution in [0.2, 0.25) is 0 Å². The van der Waals surface area contributed by atoms with Crippen LogP contribution in [-0.4, -0.2) is 51.0 Å². The van der Waals surface area contributed by atoms with Gasteiger partial charge < -0.3 is 18.8 Å². The second kappa shape index (κ2) is 11.2. The number of methoxy groups -OCH3 is 1. The lowest BCUT2D eigenvalue weighted by molar-refractivity contribution is -0.0559. The molecule has 0 saturated carbocycles. The van der Waals surface area contributed by atoms with Gasteiger partial charge in [0, 0.05) is 50.3 Å². The Labute approximate surface area is 218 Å². The molecule has 192 valence electrons. The van der Waals surface area contributed by atoms with Crippen molar-refractivity contribution in [3.63, 3.8) is 0 Å². The van der Waals surface area contributed by atoms with E-state index in [0.717, 1.165) is 48.7 Å². The fourth-order valence-electron chi connectivity index (χ4n) is 5.21. The molecule has 1 saturated heterocycles. The zero-order valence-electron chi connectivity index (χ0n) is 21.8. The van der Waals surface area contributed by atoms with Gasteiger partial charge in [-0.2, -0.15) is 0 Å². The quantitative estimate of drug-likeness (QED) is 0.320. The molecule has 0 radical (unpaired) electrons. The maximum atomic E-state index is 13.3. The first-order valence-corrected chi connectivity index (χ1v) is 12.9. The number of nitrogens with zero attached hydrogens (tertiary/aromatic N) is 2. The molecule has 0 spiro atoms. The minimum Gasteiger partial charge on any atom is -0.495 e. The van der Waals surface area contributed by atoms with Crippen molar-refractivity contribution in [1.29, 1.82) is 0 Å². The Kier molecular flexibility index (Phi) is 7.58. The number of hydrogen-bond acceptors (Lipinski definition) is 6. The van der Waals surface area contributed by atoms with E-state index >= 15 is 0 Å². The molecule has 3 aromatic carbocycles. The Hall–Kier alpha value is -3.61. The Morgan fingerprint density at radius 3 is 2.38 bits per heavy atom. The van der Waals surface area contributed by atoms with Crippen LogP contribution in [-0.2, 0) is 11.2 Å². The van der Waals surface area contributed by atoms with Gasteiger partial charge in [0.2, 0.25) is 0 Å². The molecule has 0 aliphatic carbocycles. The summed E-state index contributed by atoms with van der Waals surface area (Å²) in [6, 6.07) is 23.8. The molecule has 0 N–H and O–H groups in total. The van der Waals surface area contributed by atoms with Crippen molar-refractivity contribution in [3.05, 3.63) is 94.1 Å². The molecule has 6 heteroatoms. The summed E-state index contributed by atoms with van der Waals surface area (Å²) in [6.07, 6.45) is 0.530. The molecular weight excluding hydrogens is 464 g/mol. The van der Waals surface area contributed by atoms with Gasteiger partial charge in [0.25, 0.3) is 0 Å². The van der Waals surface area contributed by atoms with Crippen molar-refractivity contribution in [2.75, 3.05) is 44.8 Å². The second-order valence-corrected chi connectivity index (χ2v) is 9.35. The van der Waals surface area contributed by atoms with Crippen molar-refractivity contribution in [2.24, 2.45) is 0 Å². The molecule has 37 heavy (non-hydrogen) atoms. The van der Waals surface area contributed by atoms with E-state index in [-0.39, 0.29) is 11.7 Å². The lowest BCUT2D eigenvalue weighted by atomic mass is 10.0. The van der Waals surface area contributed by atoms with E-state index in [9.17, 15) is 4.79 Å². The van der Waals surface area contributed by atoms with E-state index in [4.69, 9.17) is 13.9 Å². The number of hydrogen-bond donors (Lipinski definition) is 0. The first kappa shape index (κ1) is 25.1. The summed E-state index contributed by atoms with van der Waals surface area (Å²) in [7, 11) is 1.72. The number of fused-ring (bicyclic) bond motifs is 1. The first-order chi connectivity index (χ1) is 18.1. The van der Waals surface area contributed by atoms with Gasteiger partial charge in [0.05, 0.1) is 18.2 Å². The van der Waals surface area contributed by atoms with Crippen LogP contribution in [0.1, 0.15) is 18.1 Å². The van der Waals surface area contributed by atoms with Gasteiger partial charge in [-0.1, -0.05) is 54.6 Å². The second-order valence-electron chi connectivity index (χ2n) is 9.35. The van der Waals surface area contributed by atoms with Crippen molar-refractivity contribution in [1.82, 2.24) is 4.90 Å². The van der Waals surface area contributed by atoms with E-state index in [2.05, 4.69) is 15.9 Å². The van der Waals surface area contributed by atoms with E-state index in [1.807, 2.05) is 80.6 Å².